The zero-order valence-corrected chi connectivity index (χ0v) is 12.6. The van der Waals surface area contributed by atoms with Crippen molar-refractivity contribution in [2.45, 2.75) is 6.54 Å². The number of aryl methyl sites for hydroxylation is 1. The largest absolute Gasteiger partial charge is 0.380 e. The smallest absolute Gasteiger partial charge is 0.124 e. The van der Waals surface area contributed by atoms with Crippen LogP contribution in [0.15, 0.2) is 54.9 Å². The molecule has 1 N–H and O–H groups in total. The molecular formula is C18H15FN4. The van der Waals surface area contributed by atoms with E-state index in [-0.39, 0.29) is 0 Å². The van der Waals surface area contributed by atoms with Gasteiger partial charge >= 0.3 is 0 Å². The van der Waals surface area contributed by atoms with Gasteiger partial charge in [0.05, 0.1) is 17.4 Å². The minimum absolute atomic E-state index is 0.299. The summed E-state index contributed by atoms with van der Waals surface area (Å²) in [5.41, 5.74) is 4.12. The molecule has 0 bridgehead atoms. The van der Waals surface area contributed by atoms with Crippen LogP contribution in [-0.4, -0.2) is 9.78 Å². The van der Waals surface area contributed by atoms with Gasteiger partial charge in [0.1, 0.15) is 11.9 Å². The molecule has 3 aromatic rings. The maximum absolute atomic E-state index is 13.2. The number of nitrogens with zero attached hydrogens (tertiary/aromatic N) is 3. The molecule has 5 heteroatoms. The molecule has 0 aliphatic rings. The van der Waals surface area contributed by atoms with Crippen LogP contribution in [0.5, 0.6) is 0 Å². The molecule has 0 aliphatic heterocycles. The van der Waals surface area contributed by atoms with Crippen LogP contribution in [0.4, 0.5) is 10.1 Å². The molecule has 1 aromatic heterocycles. The Kier molecular flexibility index (Phi) is 4.07. The first kappa shape index (κ1) is 14.8. The molecule has 0 saturated heterocycles. The average Bonchev–Trinajstić information content (AvgIpc) is 3.00. The van der Waals surface area contributed by atoms with Gasteiger partial charge in [-0.05, 0) is 35.4 Å². The van der Waals surface area contributed by atoms with E-state index >= 15 is 0 Å². The quantitative estimate of drug-likeness (QED) is 0.799. The number of hydrogen-bond donors (Lipinski definition) is 1. The van der Waals surface area contributed by atoms with E-state index in [0.717, 1.165) is 16.7 Å². The summed E-state index contributed by atoms with van der Waals surface area (Å²) in [4.78, 5) is 0. The number of nitrogens with one attached hydrogen (secondary N) is 1. The van der Waals surface area contributed by atoms with Crippen LogP contribution in [0.1, 0.15) is 11.1 Å². The number of hydrogen-bond acceptors (Lipinski definition) is 3. The van der Waals surface area contributed by atoms with Crippen molar-refractivity contribution in [3.8, 4) is 17.2 Å². The van der Waals surface area contributed by atoms with Gasteiger partial charge < -0.3 is 5.32 Å². The summed E-state index contributed by atoms with van der Waals surface area (Å²) >= 11 is 0. The van der Waals surface area contributed by atoms with E-state index in [4.69, 9.17) is 5.26 Å². The lowest BCUT2D eigenvalue weighted by molar-refractivity contribution is 0.627. The second-order valence-electron chi connectivity index (χ2n) is 5.26. The Balaban J connectivity index is 1.78. The third kappa shape index (κ3) is 3.38. The van der Waals surface area contributed by atoms with Gasteiger partial charge in [-0.3, -0.25) is 4.68 Å². The highest BCUT2D eigenvalue weighted by atomic mass is 19.1. The van der Waals surface area contributed by atoms with Crippen molar-refractivity contribution < 1.29 is 4.39 Å². The van der Waals surface area contributed by atoms with Crippen molar-refractivity contribution in [3.63, 3.8) is 0 Å². The van der Waals surface area contributed by atoms with Crippen LogP contribution in [0.25, 0.3) is 11.1 Å². The van der Waals surface area contributed by atoms with E-state index in [1.165, 1.54) is 12.1 Å². The molecule has 4 nitrogen and oxygen atoms in total. The average molecular weight is 306 g/mol. The standard InChI is InChI=1S/C18H15FN4/c1-23-12-16(11-22-23)14-4-2-3-13(7-14)10-21-18-6-5-17(19)8-15(18)9-20/h2-8,11-12,21H,10H2,1H3. The SMILES string of the molecule is Cn1cc(-c2cccc(CNc3ccc(F)cc3C#N)c2)cn1. The molecular weight excluding hydrogens is 291 g/mol. The number of rotatable bonds is 4. The second-order valence-corrected chi connectivity index (χ2v) is 5.26. The van der Waals surface area contributed by atoms with Crippen molar-refractivity contribution in [1.82, 2.24) is 9.78 Å². The van der Waals surface area contributed by atoms with Crippen LogP contribution >= 0.6 is 0 Å². The van der Waals surface area contributed by atoms with Crippen LogP contribution in [0.3, 0.4) is 0 Å². The normalized spacial score (nSPS) is 10.3. The predicted octanol–water partition coefficient (Wildman–Crippen LogP) is 3.71. The molecule has 1 heterocycles. The third-order valence-electron chi connectivity index (χ3n) is 3.55. The molecule has 3 rings (SSSR count). The summed E-state index contributed by atoms with van der Waals surface area (Å²) < 4.78 is 14.9. The maximum Gasteiger partial charge on any atom is 0.124 e. The van der Waals surface area contributed by atoms with Gasteiger partial charge in [-0.2, -0.15) is 10.4 Å². The summed E-state index contributed by atoms with van der Waals surface area (Å²) in [5.74, 6) is -0.411. The van der Waals surface area contributed by atoms with E-state index in [0.29, 0.717) is 17.8 Å². The summed E-state index contributed by atoms with van der Waals surface area (Å²) in [6.07, 6.45) is 3.78. The summed E-state index contributed by atoms with van der Waals surface area (Å²) in [7, 11) is 1.88. The molecule has 0 saturated carbocycles. The van der Waals surface area contributed by atoms with Crippen molar-refractivity contribution in [2.24, 2.45) is 7.05 Å². The highest BCUT2D eigenvalue weighted by Crippen LogP contribution is 2.21. The first-order chi connectivity index (χ1) is 11.2. The predicted molar refractivity (Wildman–Crippen MR) is 87.1 cm³/mol. The molecule has 0 aliphatic carbocycles. The molecule has 0 unspecified atom stereocenters. The lowest BCUT2D eigenvalue weighted by atomic mass is 10.1. The van der Waals surface area contributed by atoms with Crippen LogP contribution in [-0.2, 0) is 13.6 Å². The van der Waals surface area contributed by atoms with Gasteiger partial charge in [-0.15, -0.1) is 0 Å². The Morgan fingerprint density at radius 2 is 2.09 bits per heavy atom. The lowest BCUT2D eigenvalue weighted by Crippen LogP contribution is -2.01. The fourth-order valence-electron chi connectivity index (χ4n) is 2.39. The molecule has 114 valence electrons. The van der Waals surface area contributed by atoms with Crippen molar-refractivity contribution in [2.75, 3.05) is 5.32 Å². The van der Waals surface area contributed by atoms with E-state index in [1.54, 1.807) is 10.7 Å². The zero-order valence-electron chi connectivity index (χ0n) is 12.6. The summed E-state index contributed by atoms with van der Waals surface area (Å²) in [6, 6.07) is 14.2. The van der Waals surface area contributed by atoms with E-state index in [2.05, 4.69) is 16.5 Å². The first-order valence-electron chi connectivity index (χ1n) is 7.17. The Hall–Kier alpha value is -3.13. The maximum atomic E-state index is 13.2. The number of halogens is 1. The van der Waals surface area contributed by atoms with Crippen LogP contribution < -0.4 is 5.32 Å². The molecule has 0 atom stereocenters. The number of nitriles is 1. The molecule has 23 heavy (non-hydrogen) atoms. The lowest BCUT2D eigenvalue weighted by Gasteiger charge is -2.09. The van der Waals surface area contributed by atoms with E-state index in [1.807, 2.05) is 43.7 Å². The minimum Gasteiger partial charge on any atom is -0.380 e. The van der Waals surface area contributed by atoms with Gasteiger partial charge in [-0.25, -0.2) is 4.39 Å². The molecule has 0 radical (unpaired) electrons. The number of benzene rings is 2. The molecule has 2 aromatic carbocycles. The van der Waals surface area contributed by atoms with Crippen LogP contribution in [0, 0.1) is 17.1 Å². The summed E-state index contributed by atoms with van der Waals surface area (Å²) in [6.45, 7) is 0.550. The summed E-state index contributed by atoms with van der Waals surface area (Å²) in [5, 5.41) is 16.4. The molecule has 0 amide bonds. The first-order valence-corrected chi connectivity index (χ1v) is 7.17. The van der Waals surface area contributed by atoms with Crippen molar-refractivity contribution in [1.29, 1.82) is 5.26 Å². The van der Waals surface area contributed by atoms with E-state index in [9.17, 15) is 4.39 Å². The van der Waals surface area contributed by atoms with Crippen LogP contribution in [0.2, 0.25) is 0 Å². The zero-order chi connectivity index (χ0) is 16.2. The van der Waals surface area contributed by atoms with Crippen molar-refractivity contribution in [3.05, 3.63) is 71.8 Å². The fraction of sp³-hybridized carbons (Fsp3) is 0.111. The third-order valence-corrected chi connectivity index (χ3v) is 3.55. The number of aromatic nitrogens is 2. The van der Waals surface area contributed by atoms with Gasteiger partial charge in [0.25, 0.3) is 0 Å². The monoisotopic (exact) mass is 306 g/mol. The highest BCUT2D eigenvalue weighted by Gasteiger charge is 2.05. The number of anilines is 1. The Morgan fingerprint density at radius 1 is 1.22 bits per heavy atom. The minimum atomic E-state index is -0.411. The van der Waals surface area contributed by atoms with Gasteiger partial charge in [-0.1, -0.05) is 18.2 Å². The second kappa shape index (κ2) is 6.32. The fourth-order valence-corrected chi connectivity index (χ4v) is 2.39. The molecule has 0 fully saturated rings. The Bertz CT molecular complexity index is 877. The van der Waals surface area contributed by atoms with Gasteiger partial charge in [0, 0.05) is 25.4 Å². The topological polar surface area (TPSA) is 53.6 Å². The Labute approximate surface area is 133 Å². The van der Waals surface area contributed by atoms with Gasteiger partial charge in [0.2, 0.25) is 0 Å². The van der Waals surface area contributed by atoms with Gasteiger partial charge in [0.15, 0.2) is 0 Å². The van der Waals surface area contributed by atoms with E-state index < -0.39 is 5.82 Å². The highest BCUT2D eigenvalue weighted by molar-refractivity contribution is 5.63. The van der Waals surface area contributed by atoms with Crippen molar-refractivity contribution >= 4 is 5.69 Å². The molecule has 0 spiro atoms. The Morgan fingerprint density at radius 3 is 2.83 bits per heavy atom.